The van der Waals surface area contributed by atoms with Crippen molar-refractivity contribution in [1.29, 1.82) is 0 Å². The van der Waals surface area contributed by atoms with Gasteiger partial charge in [0.25, 0.3) is 0 Å². The molecule has 0 radical (unpaired) electrons. The number of nitrogens with one attached hydrogen (secondary N) is 4. The number of rotatable bonds is 11. The van der Waals surface area contributed by atoms with Crippen LogP contribution in [-0.4, -0.2) is 70.7 Å². The molecular formula is C23H34N4O6. The monoisotopic (exact) mass is 462 g/mol. The highest BCUT2D eigenvalue weighted by molar-refractivity contribution is 5.94. The van der Waals surface area contributed by atoms with E-state index in [9.17, 15) is 29.4 Å². The molecule has 1 aliphatic rings. The van der Waals surface area contributed by atoms with Crippen LogP contribution in [0.2, 0.25) is 0 Å². The fourth-order valence-corrected chi connectivity index (χ4v) is 3.66. The van der Waals surface area contributed by atoms with Crippen molar-refractivity contribution >= 4 is 23.7 Å². The lowest BCUT2D eigenvalue weighted by Gasteiger charge is -2.27. The number of carbonyl (C=O) groups excluding carboxylic acids is 3. The van der Waals surface area contributed by atoms with E-state index in [1.54, 1.807) is 13.8 Å². The van der Waals surface area contributed by atoms with Crippen LogP contribution in [0.1, 0.15) is 39.2 Å². The third kappa shape index (κ3) is 7.83. The molecule has 5 unspecified atom stereocenters. The Bertz CT molecular complexity index is 824. The Morgan fingerprint density at radius 3 is 2.15 bits per heavy atom. The first-order valence-electron chi connectivity index (χ1n) is 11.2. The number of hydrogen-bond acceptors (Lipinski definition) is 6. The van der Waals surface area contributed by atoms with E-state index in [2.05, 4.69) is 21.3 Å². The molecule has 1 heterocycles. The second-order valence-corrected chi connectivity index (χ2v) is 8.70. The number of aliphatic carboxylic acids is 1. The van der Waals surface area contributed by atoms with E-state index in [-0.39, 0.29) is 24.3 Å². The van der Waals surface area contributed by atoms with Crippen LogP contribution >= 0.6 is 0 Å². The van der Waals surface area contributed by atoms with Crippen LogP contribution in [0.3, 0.4) is 0 Å². The van der Waals surface area contributed by atoms with E-state index < -0.39 is 42.0 Å². The molecule has 182 valence electrons. The second-order valence-electron chi connectivity index (χ2n) is 8.70. The van der Waals surface area contributed by atoms with Gasteiger partial charge in [0.2, 0.25) is 17.7 Å². The van der Waals surface area contributed by atoms with Crippen LogP contribution in [0.25, 0.3) is 0 Å². The summed E-state index contributed by atoms with van der Waals surface area (Å²) in [6.45, 7) is 5.40. The number of carbonyl (C=O) groups is 4. The van der Waals surface area contributed by atoms with Gasteiger partial charge in [-0.3, -0.25) is 14.4 Å². The zero-order valence-corrected chi connectivity index (χ0v) is 19.2. The lowest BCUT2D eigenvalue weighted by atomic mass is 10.00. The number of benzene rings is 1. The first-order valence-corrected chi connectivity index (χ1v) is 11.2. The van der Waals surface area contributed by atoms with Gasteiger partial charge in [-0.15, -0.1) is 0 Å². The highest BCUT2D eigenvalue weighted by Gasteiger charge is 2.33. The SMILES string of the molecule is CC(C)C(NC(=O)C(Cc1ccccc1)NC(=O)C1CCCN1)C(=O)NC(C(=O)O)C(C)O. The summed E-state index contributed by atoms with van der Waals surface area (Å²) in [5, 5.41) is 29.7. The molecule has 1 fully saturated rings. The first-order chi connectivity index (χ1) is 15.6. The van der Waals surface area contributed by atoms with Crippen molar-refractivity contribution in [2.45, 2.75) is 70.3 Å². The predicted octanol–water partition coefficient (Wildman–Crippen LogP) is -0.443. The molecule has 0 saturated carbocycles. The molecule has 10 nitrogen and oxygen atoms in total. The van der Waals surface area contributed by atoms with Gasteiger partial charge >= 0.3 is 5.97 Å². The van der Waals surface area contributed by atoms with Crippen LogP contribution in [-0.2, 0) is 25.6 Å². The van der Waals surface area contributed by atoms with Crippen LogP contribution in [0.4, 0.5) is 0 Å². The van der Waals surface area contributed by atoms with Crippen LogP contribution in [0.15, 0.2) is 30.3 Å². The number of aliphatic hydroxyl groups excluding tert-OH is 1. The molecule has 2 rings (SSSR count). The van der Waals surface area contributed by atoms with Gasteiger partial charge in [-0.1, -0.05) is 44.2 Å². The van der Waals surface area contributed by atoms with E-state index in [0.29, 0.717) is 6.42 Å². The maximum absolute atomic E-state index is 13.2. The number of amides is 3. The van der Waals surface area contributed by atoms with E-state index in [0.717, 1.165) is 18.5 Å². The molecule has 3 amide bonds. The lowest BCUT2D eigenvalue weighted by Crippen LogP contribution is -2.59. The summed E-state index contributed by atoms with van der Waals surface area (Å²) in [6, 6.07) is 5.32. The largest absolute Gasteiger partial charge is 0.480 e. The van der Waals surface area contributed by atoms with Crippen molar-refractivity contribution in [3.63, 3.8) is 0 Å². The Hall–Kier alpha value is -2.98. The molecule has 0 aromatic heterocycles. The van der Waals surface area contributed by atoms with Crippen LogP contribution in [0, 0.1) is 5.92 Å². The second kappa shape index (κ2) is 12.3. The first kappa shape index (κ1) is 26.3. The van der Waals surface area contributed by atoms with Crippen LogP contribution < -0.4 is 21.3 Å². The highest BCUT2D eigenvalue weighted by atomic mass is 16.4. The van der Waals surface area contributed by atoms with E-state index in [1.165, 1.54) is 6.92 Å². The summed E-state index contributed by atoms with van der Waals surface area (Å²) in [5.41, 5.74) is 0.836. The van der Waals surface area contributed by atoms with Crippen LogP contribution in [0.5, 0.6) is 0 Å². The normalized spacial score (nSPS) is 19.2. The highest BCUT2D eigenvalue weighted by Crippen LogP contribution is 2.10. The lowest BCUT2D eigenvalue weighted by molar-refractivity contribution is -0.145. The topological polar surface area (TPSA) is 157 Å². The van der Waals surface area contributed by atoms with Gasteiger partial charge in [-0.05, 0) is 37.8 Å². The number of carboxylic acid groups (broad SMARTS) is 1. The fourth-order valence-electron chi connectivity index (χ4n) is 3.66. The quantitative estimate of drug-likeness (QED) is 0.260. The Labute approximate surface area is 193 Å². The van der Waals surface area contributed by atoms with E-state index >= 15 is 0 Å². The van der Waals surface area contributed by atoms with Gasteiger partial charge in [0.05, 0.1) is 12.1 Å². The summed E-state index contributed by atoms with van der Waals surface area (Å²) >= 11 is 0. The summed E-state index contributed by atoms with van der Waals surface area (Å²) < 4.78 is 0. The molecule has 1 aliphatic heterocycles. The number of carboxylic acids is 1. The third-order valence-electron chi connectivity index (χ3n) is 5.59. The van der Waals surface area contributed by atoms with Crippen molar-refractivity contribution in [3.05, 3.63) is 35.9 Å². The minimum Gasteiger partial charge on any atom is -0.480 e. The van der Waals surface area contributed by atoms with E-state index in [1.807, 2.05) is 30.3 Å². The molecule has 33 heavy (non-hydrogen) atoms. The average Bonchev–Trinajstić information content (AvgIpc) is 3.30. The Morgan fingerprint density at radius 2 is 1.64 bits per heavy atom. The molecule has 1 saturated heterocycles. The minimum atomic E-state index is -1.51. The summed E-state index contributed by atoms with van der Waals surface area (Å²) in [6.07, 6.45) is 0.456. The van der Waals surface area contributed by atoms with Crippen molar-refractivity contribution in [2.75, 3.05) is 6.54 Å². The maximum atomic E-state index is 13.2. The molecule has 0 aliphatic carbocycles. The van der Waals surface area contributed by atoms with Crippen molar-refractivity contribution in [2.24, 2.45) is 5.92 Å². The summed E-state index contributed by atoms with van der Waals surface area (Å²) in [4.78, 5) is 49.9. The standard InChI is InChI=1S/C23H34N4O6/c1-13(2)18(22(31)27-19(14(3)28)23(32)33)26-21(30)17(12-15-8-5-4-6-9-15)25-20(29)16-10-7-11-24-16/h4-6,8-9,13-14,16-19,24,28H,7,10-12H2,1-3H3,(H,25,29)(H,26,30)(H,27,31)(H,32,33). The van der Waals surface area contributed by atoms with Gasteiger partial charge in [0.1, 0.15) is 12.1 Å². The smallest absolute Gasteiger partial charge is 0.328 e. The third-order valence-corrected chi connectivity index (χ3v) is 5.59. The number of aliphatic hydroxyl groups is 1. The fraction of sp³-hybridized carbons (Fsp3) is 0.565. The van der Waals surface area contributed by atoms with Gasteiger partial charge < -0.3 is 31.5 Å². The zero-order valence-electron chi connectivity index (χ0n) is 19.2. The average molecular weight is 463 g/mol. The number of hydrogen-bond donors (Lipinski definition) is 6. The van der Waals surface area contributed by atoms with Gasteiger partial charge in [0, 0.05) is 6.42 Å². The van der Waals surface area contributed by atoms with Gasteiger partial charge in [-0.2, -0.15) is 0 Å². The van der Waals surface area contributed by atoms with Gasteiger partial charge in [-0.25, -0.2) is 4.79 Å². The molecule has 10 heteroatoms. The zero-order chi connectivity index (χ0) is 24.5. The Morgan fingerprint density at radius 1 is 1.00 bits per heavy atom. The molecule has 0 bridgehead atoms. The summed E-state index contributed by atoms with van der Waals surface area (Å²) in [5.74, 6) is -3.32. The van der Waals surface area contributed by atoms with Crippen molar-refractivity contribution in [1.82, 2.24) is 21.3 Å². The Kier molecular flexibility index (Phi) is 9.80. The molecule has 1 aromatic carbocycles. The summed E-state index contributed by atoms with van der Waals surface area (Å²) in [7, 11) is 0. The molecular weight excluding hydrogens is 428 g/mol. The van der Waals surface area contributed by atoms with E-state index in [4.69, 9.17) is 0 Å². The van der Waals surface area contributed by atoms with Gasteiger partial charge in [0.15, 0.2) is 6.04 Å². The van der Waals surface area contributed by atoms with Crippen molar-refractivity contribution < 1.29 is 29.4 Å². The molecule has 6 N–H and O–H groups in total. The van der Waals surface area contributed by atoms with Crippen molar-refractivity contribution in [3.8, 4) is 0 Å². The molecule has 0 spiro atoms. The molecule has 5 atom stereocenters. The molecule has 1 aromatic rings. The maximum Gasteiger partial charge on any atom is 0.328 e. The Balaban J connectivity index is 2.16. The minimum absolute atomic E-state index is 0.225. The predicted molar refractivity (Wildman–Crippen MR) is 121 cm³/mol.